The minimum Gasteiger partial charge on any atom is -0.357 e. The molecule has 11 heteroatoms. The third-order valence-electron chi connectivity index (χ3n) is 7.17. The maximum absolute atomic E-state index is 14.4. The topological polar surface area (TPSA) is 86.8 Å². The first-order chi connectivity index (χ1) is 20.9. The van der Waals surface area contributed by atoms with Crippen LogP contribution in [0.1, 0.15) is 22.3 Å². The number of nitrogens with zero attached hydrogens (tertiary/aromatic N) is 2. The molecule has 0 saturated carbocycles. The Balaban J connectivity index is 1.82. The minimum atomic E-state index is -4.23. The number of rotatable bonds is 11. The van der Waals surface area contributed by atoms with Gasteiger partial charge in [-0.2, -0.15) is 0 Å². The molecule has 0 spiro atoms. The summed E-state index contributed by atoms with van der Waals surface area (Å²) in [6.45, 7) is 2.97. The molecule has 0 aromatic heterocycles. The van der Waals surface area contributed by atoms with Crippen LogP contribution in [-0.4, -0.2) is 44.8 Å². The lowest BCUT2D eigenvalue weighted by Crippen LogP contribution is -2.53. The second kappa shape index (κ2) is 14.5. The lowest BCUT2D eigenvalue weighted by Gasteiger charge is -2.34. The molecule has 0 bridgehead atoms. The van der Waals surface area contributed by atoms with E-state index in [-0.39, 0.29) is 28.6 Å². The molecule has 0 fully saturated rings. The van der Waals surface area contributed by atoms with Gasteiger partial charge in [0.15, 0.2) is 0 Å². The van der Waals surface area contributed by atoms with Crippen molar-refractivity contribution in [1.29, 1.82) is 0 Å². The Hall–Kier alpha value is -3.56. The average Bonchev–Trinajstić information content (AvgIpc) is 3.00. The van der Waals surface area contributed by atoms with Crippen LogP contribution in [-0.2, 0) is 32.6 Å². The van der Waals surface area contributed by atoms with Crippen LogP contribution in [0.2, 0.25) is 15.1 Å². The van der Waals surface area contributed by atoms with Gasteiger partial charge in [0.2, 0.25) is 11.8 Å². The van der Waals surface area contributed by atoms with Crippen LogP contribution in [0.5, 0.6) is 0 Å². The number of hydrogen-bond donors (Lipinski definition) is 1. The van der Waals surface area contributed by atoms with Gasteiger partial charge in [0, 0.05) is 25.0 Å². The Morgan fingerprint density at radius 1 is 0.818 bits per heavy atom. The molecule has 1 atom stereocenters. The van der Waals surface area contributed by atoms with Crippen molar-refractivity contribution in [2.45, 2.75) is 37.8 Å². The zero-order valence-corrected chi connectivity index (χ0v) is 27.5. The molecule has 0 aliphatic rings. The van der Waals surface area contributed by atoms with Gasteiger partial charge in [-0.25, -0.2) is 8.42 Å². The van der Waals surface area contributed by atoms with E-state index in [1.54, 1.807) is 55.5 Å². The van der Waals surface area contributed by atoms with E-state index in [1.165, 1.54) is 24.1 Å². The molecule has 0 heterocycles. The molecule has 2 amide bonds. The zero-order chi connectivity index (χ0) is 32.0. The molecule has 230 valence electrons. The third-order valence-corrected chi connectivity index (χ3v) is 9.92. The molecule has 7 nitrogen and oxygen atoms in total. The van der Waals surface area contributed by atoms with E-state index >= 15 is 0 Å². The predicted molar refractivity (Wildman–Crippen MR) is 177 cm³/mol. The predicted octanol–water partition coefficient (Wildman–Crippen LogP) is 6.85. The second-order valence-corrected chi connectivity index (χ2v) is 13.5. The summed E-state index contributed by atoms with van der Waals surface area (Å²) in [4.78, 5) is 29.2. The summed E-state index contributed by atoms with van der Waals surface area (Å²) >= 11 is 18.6. The molecular weight excluding hydrogens is 641 g/mol. The highest BCUT2D eigenvalue weighted by atomic mass is 35.5. The molecule has 0 unspecified atom stereocenters. The summed E-state index contributed by atoms with van der Waals surface area (Å²) in [5.41, 5.74) is 3.17. The maximum Gasteiger partial charge on any atom is 0.264 e. The van der Waals surface area contributed by atoms with Crippen LogP contribution in [0.15, 0.2) is 95.9 Å². The lowest BCUT2D eigenvalue weighted by molar-refractivity contribution is -0.139. The second-order valence-electron chi connectivity index (χ2n) is 10.3. The number of aryl methyl sites for hydroxylation is 2. The monoisotopic (exact) mass is 671 g/mol. The van der Waals surface area contributed by atoms with Crippen LogP contribution < -0.4 is 9.62 Å². The average molecular weight is 673 g/mol. The number of halogens is 3. The van der Waals surface area contributed by atoms with Crippen LogP contribution >= 0.6 is 34.8 Å². The summed E-state index contributed by atoms with van der Waals surface area (Å²) in [6.07, 6.45) is 0.193. The van der Waals surface area contributed by atoms with E-state index in [1.807, 2.05) is 37.3 Å². The fourth-order valence-corrected chi connectivity index (χ4v) is 6.83. The fourth-order valence-electron chi connectivity index (χ4n) is 4.80. The van der Waals surface area contributed by atoms with Crippen LogP contribution in [0.25, 0.3) is 0 Å². The number of carbonyl (C=O) groups is 2. The minimum absolute atomic E-state index is 0.0217. The maximum atomic E-state index is 14.4. The first kappa shape index (κ1) is 33.3. The highest BCUT2D eigenvalue weighted by Crippen LogP contribution is 2.30. The van der Waals surface area contributed by atoms with Crippen LogP contribution in [0.3, 0.4) is 0 Å². The SMILES string of the molecule is CNC(=O)[C@H](Cc1ccccc1)N(Cc1ccc(Cl)c(Cl)c1)C(=O)CN(c1ccc(Cl)cc1C)S(=O)(=O)c1ccc(C)cc1. The van der Waals surface area contributed by atoms with Crippen molar-refractivity contribution in [3.8, 4) is 0 Å². The van der Waals surface area contributed by atoms with Crippen LogP contribution in [0.4, 0.5) is 5.69 Å². The number of benzene rings is 4. The van der Waals surface area contributed by atoms with Crippen molar-refractivity contribution in [2.75, 3.05) is 17.9 Å². The quantitative estimate of drug-likeness (QED) is 0.189. The number of amides is 2. The fraction of sp³-hybridized carbons (Fsp3) is 0.212. The van der Waals surface area contributed by atoms with Gasteiger partial charge in [0.25, 0.3) is 10.0 Å². The summed E-state index contributed by atoms with van der Waals surface area (Å²) < 4.78 is 29.3. The Morgan fingerprint density at radius 2 is 1.50 bits per heavy atom. The Bertz CT molecular complexity index is 1750. The molecule has 4 aromatic rings. The molecule has 0 aliphatic carbocycles. The van der Waals surface area contributed by atoms with Gasteiger partial charge in [-0.3, -0.25) is 13.9 Å². The van der Waals surface area contributed by atoms with Crippen molar-refractivity contribution >= 4 is 62.3 Å². The molecule has 4 rings (SSSR count). The molecule has 0 radical (unpaired) electrons. The lowest BCUT2D eigenvalue weighted by atomic mass is 10.0. The molecule has 0 aliphatic heterocycles. The van der Waals surface area contributed by atoms with E-state index in [9.17, 15) is 18.0 Å². The Morgan fingerprint density at radius 3 is 2.11 bits per heavy atom. The number of likely N-dealkylation sites (N-methyl/N-ethyl adjacent to an activating group) is 1. The van der Waals surface area contributed by atoms with E-state index in [0.29, 0.717) is 21.2 Å². The van der Waals surface area contributed by atoms with E-state index in [2.05, 4.69) is 5.32 Å². The highest BCUT2D eigenvalue weighted by Gasteiger charge is 2.35. The third kappa shape index (κ3) is 7.93. The van der Waals surface area contributed by atoms with Crippen molar-refractivity contribution in [1.82, 2.24) is 10.2 Å². The number of hydrogen-bond acceptors (Lipinski definition) is 4. The zero-order valence-electron chi connectivity index (χ0n) is 24.4. The summed E-state index contributed by atoms with van der Waals surface area (Å²) in [5.74, 6) is -0.997. The number of sulfonamides is 1. The number of carbonyl (C=O) groups excluding carboxylic acids is 2. The smallest absolute Gasteiger partial charge is 0.264 e. The van der Waals surface area contributed by atoms with Crippen molar-refractivity contribution in [3.05, 3.63) is 128 Å². The molecule has 0 saturated heterocycles. The van der Waals surface area contributed by atoms with Crippen molar-refractivity contribution in [2.24, 2.45) is 0 Å². The molecular formula is C33H32Cl3N3O4S. The van der Waals surface area contributed by atoms with Gasteiger partial charge in [-0.1, -0.05) is 88.9 Å². The van der Waals surface area contributed by atoms with Gasteiger partial charge < -0.3 is 10.2 Å². The van der Waals surface area contributed by atoms with Gasteiger partial charge in [0.05, 0.1) is 20.6 Å². The highest BCUT2D eigenvalue weighted by molar-refractivity contribution is 7.92. The van der Waals surface area contributed by atoms with Crippen LogP contribution in [0, 0.1) is 13.8 Å². The summed E-state index contributed by atoms with van der Waals surface area (Å²) in [7, 11) is -2.73. The first-order valence-electron chi connectivity index (χ1n) is 13.7. The summed E-state index contributed by atoms with van der Waals surface area (Å²) in [6, 6.07) is 24.4. The Kier molecular flexibility index (Phi) is 11.0. The summed E-state index contributed by atoms with van der Waals surface area (Å²) in [5, 5.41) is 3.72. The van der Waals surface area contributed by atoms with Crippen molar-refractivity contribution < 1.29 is 18.0 Å². The van der Waals surface area contributed by atoms with E-state index in [0.717, 1.165) is 15.4 Å². The largest absolute Gasteiger partial charge is 0.357 e. The van der Waals surface area contributed by atoms with Crippen molar-refractivity contribution in [3.63, 3.8) is 0 Å². The molecule has 44 heavy (non-hydrogen) atoms. The standard InChI is InChI=1S/C33H32Cl3N3O4S/c1-22-9-13-27(14-10-22)44(42,43)39(30-16-12-26(34)17-23(30)2)21-32(40)38(20-25-11-15-28(35)29(36)18-25)31(33(41)37-3)19-24-7-5-4-6-8-24/h4-18,31H,19-21H2,1-3H3,(H,37,41)/t31-/m0/s1. The van der Waals surface area contributed by atoms with Gasteiger partial charge in [0.1, 0.15) is 12.6 Å². The number of nitrogens with one attached hydrogen (secondary N) is 1. The Labute approximate surface area is 273 Å². The van der Waals surface area contributed by atoms with Gasteiger partial charge in [-0.15, -0.1) is 0 Å². The number of anilines is 1. The molecule has 4 aromatic carbocycles. The first-order valence-corrected chi connectivity index (χ1v) is 16.3. The van der Waals surface area contributed by atoms with E-state index < -0.39 is 34.4 Å². The van der Waals surface area contributed by atoms with Gasteiger partial charge in [-0.05, 0) is 73.0 Å². The van der Waals surface area contributed by atoms with E-state index in [4.69, 9.17) is 34.8 Å². The molecule has 1 N–H and O–H groups in total. The normalized spacial score (nSPS) is 12.0. The van der Waals surface area contributed by atoms with Gasteiger partial charge >= 0.3 is 0 Å².